The number of nitrogens with zero attached hydrogens (tertiary/aromatic N) is 5. The minimum atomic E-state index is 0.642. The molecular weight excluding hydrogens is 274 g/mol. The summed E-state index contributed by atoms with van der Waals surface area (Å²) in [7, 11) is 0. The third kappa shape index (κ3) is 2.18. The fourth-order valence-electron chi connectivity index (χ4n) is 2.14. The van der Waals surface area contributed by atoms with Gasteiger partial charge in [-0.2, -0.15) is 0 Å². The van der Waals surface area contributed by atoms with Crippen molar-refractivity contribution in [2.24, 2.45) is 0 Å². The number of aryl methyl sites for hydroxylation is 4. The Morgan fingerprint density at radius 1 is 1.20 bits per heavy atom. The molecule has 0 aromatic carbocycles. The molecule has 0 fully saturated rings. The maximum atomic E-state index is 5.17. The molecule has 0 saturated carbocycles. The van der Waals surface area contributed by atoms with Crippen LogP contribution in [0.4, 0.5) is 0 Å². The van der Waals surface area contributed by atoms with Gasteiger partial charge in [-0.25, -0.2) is 4.98 Å². The van der Waals surface area contributed by atoms with Crippen molar-refractivity contribution in [1.29, 1.82) is 0 Å². The average molecular weight is 289 g/mol. The highest BCUT2D eigenvalue weighted by Crippen LogP contribution is 2.25. The van der Waals surface area contributed by atoms with Gasteiger partial charge in [0.1, 0.15) is 5.76 Å². The Morgan fingerprint density at radius 3 is 2.70 bits per heavy atom. The fourth-order valence-corrected chi connectivity index (χ4v) is 3.28. The lowest BCUT2D eigenvalue weighted by Gasteiger charge is -2.03. The van der Waals surface area contributed by atoms with Gasteiger partial charge in [0.05, 0.1) is 5.69 Å². The summed E-state index contributed by atoms with van der Waals surface area (Å²) < 4.78 is 7.14. The Labute approximate surface area is 120 Å². The number of hydrogen-bond donors (Lipinski definition) is 0. The molecule has 3 aromatic rings. The molecule has 6 nitrogen and oxygen atoms in total. The van der Waals surface area contributed by atoms with Gasteiger partial charge in [0, 0.05) is 22.7 Å². The van der Waals surface area contributed by atoms with E-state index in [0.717, 1.165) is 39.3 Å². The van der Waals surface area contributed by atoms with Crippen LogP contribution in [0.3, 0.4) is 0 Å². The highest BCUT2D eigenvalue weighted by Gasteiger charge is 2.14. The monoisotopic (exact) mass is 289 g/mol. The SMILES string of the molecule is Cc1cc(C)n2c(SCc3c(C)noc3C)nnc2n1. The summed E-state index contributed by atoms with van der Waals surface area (Å²) in [5.74, 6) is 2.26. The molecular formula is C13H15N5OS. The molecule has 0 spiro atoms. The van der Waals surface area contributed by atoms with E-state index in [9.17, 15) is 0 Å². The second kappa shape index (κ2) is 4.90. The Bertz CT molecular complexity index is 757. The smallest absolute Gasteiger partial charge is 0.256 e. The van der Waals surface area contributed by atoms with Crippen molar-refractivity contribution >= 4 is 17.5 Å². The molecule has 104 valence electrons. The zero-order chi connectivity index (χ0) is 14.3. The van der Waals surface area contributed by atoms with Crippen LogP contribution in [0.2, 0.25) is 0 Å². The van der Waals surface area contributed by atoms with Crippen molar-refractivity contribution in [3.63, 3.8) is 0 Å². The third-order valence-corrected chi connectivity index (χ3v) is 4.15. The maximum absolute atomic E-state index is 5.17. The summed E-state index contributed by atoms with van der Waals surface area (Å²) in [6.07, 6.45) is 0. The predicted octanol–water partition coefficient (Wildman–Crippen LogP) is 2.64. The zero-order valence-electron chi connectivity index (χ0n) is 11.8. The molecule has 0 atom stereocenters. The molecule has 3 aromatic heterocycles. The summed E-state index contributed by atoms with van der Waals surface area (Å²) in [6.45, 7) is 7.86. The van der Waals surface area contributed by atoms with Gasteiger partial charge >= 0.3 is 0 Å². The topological polar surface area (TPSA) is 69.1 Å². The molecule has 0 amide bonds. The second-order valence-electron chi connectivity index (χ2n) is 4.75. The normalized spacial score (nSPS) is 11.4. The van der Waals surface area contributed by atoms with Crippen molar-refractivity contribution in [1.82, 2.24) is 24.7 Å². The number of hydrogen-bond acceptors (Lipinski definition) is 6. The minimum Gasteiger partial charge on any atom is -0.361 e. The van der Waals surface area contributed by atoms with Gasteiger partial charge in [-0.3, -0.25) is 4.40 Å². The van der Waals surface area contributed by atoms with Crippen LogP contribution in [0, 0.1) is 27.7 Å². The molecule has 3 heterocycles. The number of fused-ring (bicyclic) bond motifs is 1. The van der Waals surface area contributed by atoms with Gasteiger partial charge in [-0.1, -0.05) is 16.9 Å². The standard InChI is InChI=1S/C13H15N5OS/c1-7-5-8(2)18-12(14-7)15-16-13(18)20-6-11-9(3)17-19-10(11)4/h5H,6H2,1-4H3. The van der Waals surface area contributed by atoms with E-state index in [2.05, 4.69) is 20.3 Å². The van der Waals surface area contributed by atoms with Gasteiger partial charge in [-0.05, 0) is 33.8 Å². The van der Waals surface area contributed by atoms with Crippen LogP contribution in [0.25, 0.3) is 5.78 Å². The highest BCUT2D eigenvalue weighted by atomic mass is 32.2. The average Bonchev–Trinajstić information content (AvgIpc) is 2.92. The van der Waals surface area contributed by atoms with E-state index in [4.69, 9.17) is 4.52 Å². The van der Waals surface area contributed by atoms with Crippen LogP contribution < -0.4 is 0 Å². The highest BCUT2D eigenvalue weighted by molar-refractivity contribution is 7.98. The summed E-state index contributed by atoms with van der Waals surface area (Å²) >= 11 is 1.61. The van der Waals surface area contributed by atoms with Gasteiger partial charge in [0.15, 0.2) is 5.16 Å². The van der Waals surface area contributed by atoms with Crippen LogP contribution in [-0.2, 0) is 5.75 Å². The zero-order valence-corrected chi connectivity index (χ0v) is 12.7. The van der Waals surface area contributed by atoms with Crippen LogP contribution in [0.15, 0.2) is 15.7 Å². The van der Waals surface area contributed by atoms with Crippen molar-refractivity contribution < 1.29 is 4.52 Å². The Balaban J connectivity index is 1.92. The Kier molecular flexibility index (Phi) is 3.21. The van der Waals surface area contributed by atoms with E-state index in [1.807, 2.05) is 38.2 Å². The van der Waals surface area contributed by atoms with Gasteiger partial charge in [0.25, 0.3) is 5.78 Å². The first-order valence-electron chi connectivity index (χ1n) is 6.30. The number of aromatic nitrogens is 5. The largest absolute Gasteiger partial charge is 0.361 e. The first-order chi connectivity index (χ1) is 9.56. The van der Waals surface area contributed by atoms with E-state index in [1.165, 1.54) is 0 Å². The van der Waals surface area contributed by atoms with Gasteiger partial charge in [0.2, 0.25) is 0 Å². The quantitative estimate of drug-likeness (QED) is 0.690. The first-order valence-corrected chi connectivity index (χ1v) is 7.28. The van der Waals surface area contributed by atoms with Crippen molar-refractivity contribution in [3.8, 4) is 0 Å². The lowest BCUT2D eigenvalue weighted by Crippen LogP contribution is -1.98. The molecule has 20 heavy (non-hydrogen) atoms. The molecule has 0 unspecified atom stereocenters. The molecule has 0 bridgehead atoms. The minimum absolute atomic E-state index is 0.642. The van der Waals surface area contributed by atoms with Crippen LogP contribution in [0.5, 0.6) is 0 Å². The summed E-state index contributed by atoms with van der Waals surface area (Å²) in [6, 6.07) is 2.02. The second-order valence-corrected chi connectivity index (χ2v) is 5.69. The fraction of sp³-hybridized carbons (Fsp3) is 0.385. The number of thioether (sulfide) groups is 1. The van der Waals surface area contributed by atoms with E-state index < -0.39 is 0 Å². The lowest BCUT2D eigenvalue weighted by atomic mass is 10.2. The van der Waals surface area contributed by atoms with E-state index in [1.54, 1.807) is 11.8 Å². The van der Waals surface area contributed by atoms with Crippen molar-refractivity contribution in [3.05, 3.63) is 34.5 Å². The molecule has 0 aliphatic carbocycles. The predicted molar refractivity (Wildman–Crippen MR) is 75.8 cm³/mol. The molecule has 0 aliphatic rings. The van der Waals surface area contributed by atoms with Crippen molar-refractivity contribution in [2.75, 3.05) is 0 Å². The van der Waals surface area contributed by atoms with Crippen molar-refractivity contribution in [2.45, 2.75) is 38.6 Å². The van der Waals surface area contributed by atoms with Gasteiger partial charge < -0.3 is 4.52 Å². The van der Waals surface area contributed by atoms with Crippen LogP contribution >= 0.6 is 11.8 Å². The number of rotatable bonds is 3. The lowest BCUT2D eigenvalue weighted by molar-refractivity contribution is 0.392. The third-order valence-electron chi connectivity index (χ3n) is 3.19. The molecule has 0 aliphatic heterocycles. The van der Waals surface area contributed by atoms with Gasteiger partial charge in [-0.15, -0.1) is 10.2 Å². The Hall–Kier alpha value is -1.89. The molecule has 7 heteroatoms. The van der Waals surface area contributed by atoms with Crippen LogP contribution in [0.1, 0.15) is 28.4 Å². The van der Waals surface area contributed by atoms with E-state index >= 15 is 0 Å². The maximum Gasteiger partial charge on any atom is 0.256 e. The molecule has 0 N–H and O–H groups in total. The summed E-state index contributed by atoms with van der Waals surface area (Å²) in [4.78, 5) is 4.38. The summed E-state index contributed by atoms with van der Waals surface area (Å²) in [5.41, 5.74) is 4.07. The summed E-state index contributed by atoms with van der Waals surface area (Å²) in [5, 5.41) is 13.1. The molecule has 0 radical (unpaired) electrons. The first kappa shape index (κ1) is 13.1. The van der Waals surface area contributed by atoms with E-state index in [0.29, 0.717) is 5.78 Å². The molecule has 3 rings (SSSR count). The van der Waals surface area contributed by atoms with Crippen LogP contribution in [-0.4, -0.2) is 24.7 Å². The molecule has 0 saturated heterocycles. The van der Waals surface area contributed by atoms with E-state index in [-0.39, 0.29) is 0 Å². The Morgan fingerprint density at radius 2 is 2.00 bits per heavy atom.